The van der Waals surface area contributed by atoms with Gasteiger partial charge in [-0.05, 0) is 43.0 Å². The summed E-state index contributed by atoms with van der Waals surface area (Å²) in [5.74, 6) is 0.611. The second kappa shape index (κ2) is 6.90. The molecule has 2 atom stereocenters. The molecule has 1 aliphatic rings. The average Bonchev–Trinajstić information content (AvgIpc) is 2.29. The average molecular weight is 334 g/mol. The highest BCUT2D eigenvalue weighted by Crippen LogP contribution is 2.21. The second-order valence-corrected chi connectivity index (χ2v) is 6.10. The maximum Gasteiger partial charge on any atom is 0.0233 e. The molecule has 0 aliphatic carbocycles. The van der Waals surface area contributed by atoms with Crippen molar-refractivity contribution in [1.29, 1.82) is 0 Å². The molecule has 1 aromatic carbocycles. The van der Waals surface area contributed by atoms with Crippen LogP contribution < -0.4 is 5.73 Å². The molecule has 0 radical (unpaired) electrons. The maximum absolute atomic E-state index is 6.04. The minimum Gasteiger partial charge on any atom is -0.327 e. The Hall–Kier alpha value is -0.0900. The molecule has 2 unspecified atom stereocenters. The van der Waals surface area contributed by atoms with E-state index in [1.54, 1.807) is 0 Å². The number of hydrogen-bond donors (Lipinski definition) is 1. The van der Waals surface area contributed by atoms with E-state index in [-0.39, 0.29) is 12.4 Å². The minimum absolute atomic E-state index is 0. The van der Waals surface area contributed by atoms with E-state index in [9.17, 15) is 0 Å². The number of piperidine rings is 1. The van der Waals surface area contributed by atoms with Gasteiger partial charge in [-0.3, -0.25) is 4.90 Å². The fourth-order valence-corrected chi connectivity index (χ4v) is 2.70. The monoisotopic (exact) mass is 332 g/mol. The van der Waals surface area contributed by atoms with Crippen molar-refractivity contribution in [2.75, 3.05) is 13.1 Å². The number of likely N-dealkylation sites (tertiary alicyclic amines) is 1. The molecular weight excluding hydrogens is 312 g/mol. The van der Waals surface area contributed by atoms with Gasteiger partial charge >= 0.3 is 0 Å². The first kappa shape index (κ1) is 16.0. The lowest BCUT2D eigenvalue weighted by Crippen LogP contribution is -2.45. The van der Waals surface area contributed by atoms with Crippen molar-refractivity contribution < 1.29 is 0 Å². The highest BCUT2D eigenvalue weighted by atomic mass is 79.9. The predicted molar refractivity (Wildman–Crippen MR) is 83.2 cm³/mol. The van der Waals surface area contributed by atoms with Gasteiger partial charge in [0.05, 0.1) is 0 Å². The molecule has 0 spiro atoms. The summed E-state index contributed by atoms with van der Waals surface area (Å²) in [7, 11) is 0. The van der Waals surface area contributed by atoms with Crippen LogP contribution in [0.2, 0.25) is 0 Å². The van der Waals surface area contributed by atoms with E-state index in [4.69, 9.17) is 5.73 Å². The molecule has 1 heterocycles. The van der Waals surface area contributed by atoms with Crippen LogP contribution in [0.5, 0.6) is 0 Å². The summed E-state index contributed by atoms with van der Waals surface area (Å²) in [5, 5.41) is 0. The third-order valence-electron chi connectivity index (χ3n) is 3.68. The molecule has 0 bridgehead atoms. The molecule has 2 nitrogen and oxygen atoms in total. The van der Waals surface area contributed by atoms with Gasteiger partial charge in [0.1, 0.15) is 0 Å². The molecule has 1 fully saturated rings. The fourth-order valence-electron chi connectivity index (χ4n) is 2.46. The van der Waals surface area contributed by atoms with Crippen molar-refractivity contribution in [3.63, 3.8) is 0 Å². The number of nitrogens with two attached hydrogens (primary N) is 1. The van der Waals surface area contributed by atoms with Gasteiger partial charge in [-0.1, -0.05) is 35.0 Å². The van der Waals surface area contributed by atoms with Crippen molar-refractivity contribution in [3.8, 4) is 0 Å². The molecule has 0 aromatic heterocycles. The summed E-state index contributed by atoms with van der Waals surface area (Å²) in [5.41, 5.74) is 8.75. The second-order valence-electron chi connectivity index (χ2n) is 5.25. The number of aryl methyl sites for hydroxylation is 1. The Morgan fingerprint density at radius 1 is 1.44 bits per heavy atom. The largest absolute Gasteiger partial charge is 0.327 e. The van der Waals surface area contributed by atoms with E-state index < -0.39 is 0 Å². The van der Waals surface area contributed by atoms with Gasteiger partial charge in [0.2, 0.25) is 0 Å². The quantitative estimate of drug-likeness (QED) is 0.899. The summed E-state index contributed by atoms with van der Waals surface area (Å²) < 4.78 is 1.19. The molecule has 0 amide bonds. The Kier molecular flexibility index (Phi) is 6.12. The zero-order valence-electron chi connectivity index (χ0n) is 11.0. The summed E-state index contributed by atoms with van der Waals surface area (Å²) in [6.45, 7) is 7.69. The van der Waals surface area contributed by atoms with Gasteiger partial charge in [-0.15, -0.1) is 12.4 Å². The van der Waals surface area contributed by atoms with Crippen LogP contribution in [0, 0.1) is 12.8 Å². The molecule has 4 heteroatoms. The van der Waals surface area contributed by atoms with Crippen LogP contribution in [0.15, 0.2) is 22.7 Å². The number of hydrogen-bond acceptors (Lipinski definition) is 2. The predicted octanol–water partition coefficient (Wildman–Crippen LogP) is 3.35. The van der Waals surface area contributed by atoms with Gasteiger partial charge in [-0.2, -0.15) is 0 Å². The molecular formula is C14H22BrClN2. The van der Waals surface area contributed by atoms with Crippen LogP contribution in [0.3, 0.4) is 0 Å². The zero-order valence-corrected chi connectivity index (χ0v) is 13.4. The summed E-state index contributed by atoms with van der Waals surface area (Å²) in [4.78, 5) is 2.51. The van der Waals surface area contributed by atoms with Gasteiger partial charge in [0, 0.05) is 23.6 Å². The SMILES string of the molecule is Cc1cc(CN2CCC(N)C(C)C2)ccc1Br.Cl. The molecule has 2 N–H and O–H groups in total. The normalized spacial score (nSPS) is 24.7. The van der Waals surface area contributed by atoms with E-state index in [0.717, 1.165) is 26.1 Å². The number of halogens is 2. The molecule has 1 aromatic rings. The first-order chi connectivity index (χ1) is 8.06. The Morgan fingerprint density at radius 2 is 2.17 bits per heavy atom. The topological polar surface area (TPSA) is 29.3 Å². The summed E-state index contributed by atoms with van der Waals surface area (Å²) >= 11 is 3.54. The Balaban J connectivity index is 0.00000162. The van der Waals surface area contributed by atoms with Crippen LogP contribution in [-0.4, -0.2) is 24.0 Å². The first-order valence-corrected chi connectivity index (χ1v) is 7.08. The first-order valence-electron chi connectivity index (χ1n) is 6.29. The lowest BCUT2D eigenvalue weighted by Gasteiger charge is -2.35. The van der Waals surface area contributed by atoms with E-state index in [1.807, 2.05) is 0 Å². The third-order valence-corrected chi connectivity index (χ3v) is 4.57. The third kappa shape index (κ3) is 3.95. The molecule has 18 heavy (non-hydrogen) atoms. The fraction of sp³-hybridized carbons (Fsp3) is 0.571. The van der Waals surface area contributed by atoms with Gasteiger partial charge in [0.15, 0.2) is 0 Å². The lowest BCUT2D eigenvalue weighted by atomic mass is 9.94. The number of rotatable bonds is 2. The molecule has 2 rings (SSSR count). The van der Waals surface area contributed by atoms with Crippen LogP contribution in [0.4, 0.5) is 0 Å². The summed E-state index contributed by atoms with van der Waals surface area (Å²) in [6.07, 6.45) is 1.12. The molecule has 1 saturated heterocycles. The van der Waals surface area contributed by atoms with Gasteiger partial charge in [-0.25, -0.2) is 0 Å². The zero-order chi connectivity index (χ0) is 12.4. The Labute approximate surface area is 124 Å². The Bertz CT molecular complexity index is 397. The summed E-state index contributed by atoms with van der Waals surface area (Å²) in [6, 6.07) is 7.00. The van der Waals surface area contributed by atoms with E-state index in [0.29, 0.717) is 12.0 Å². The van der Waals surface area contributed by atoms with E-state index in [1.165, 1.54) is 15.6 Å². The van der Waals surface area contributed by atoms with Crippen molar-refractivity contribution >= 4 is 28.3 Å². The number of benzene rings is 1. The standard InChI is InChI=1S/C14H21BrN2.ClH/c1-10-7-12(3-4-13(10)15)9-17-6-5-14(16)11(2)8-17;/h3-4,7,11,14H,5-6,8-9,16H2,1-2H3;1H. The van der Waals surface area contributed by atoms with E-state index >= 15 is 0 Å². The lowest BCUT2D eigenvalue weighted by molar-refractivity contribution is 0.158. The van der Waals surface area contributed by atoms with E-state index in [2.05, 4.69) is 52.9 Å². The van der Waals surface area contributed by atoms with Gasteiger partial charge < -0.3 is 5.73 Å². The van der Waals surface area contributed by atoms with Crippen LogP contribution in [0.1, 0.15) is 24.5 Å². The van der Waals surface area contributed by atoms with Gasteiger partial charge in [0.25, 0.3) is 0 Å². The van der Waals surface area contributed by atoms with Crippen molar-refractivity contribution in [3.05, 3.63) is 33.8 Å². The smallest absolute Gasteiger partial charge is 0.0233 e. The Morgan fingerprint density at radius 3 is 2.78 bits per heavy atom. The van der Waals surface area contributed by atoms with Crippen LogP contribution >= 0.6 is 28.3 Å². The molecule has 0 saturated carbocycles. The molecule has 102 valence electrons. The highest BCUT2D eigenvalue weighted by molar-refractivity contribution is 9.10. The highest BCUT2D eigenvalue weighted by Gasteiger charge is 2.22. The maximum atomic E-state index is 6.04. The number of nitrogens with zero attached hydrogens (tertiary/aromatic N) is 1. The van der Waals surface area contributed by atoms with Crippen molar-refractivity contribution in [2.24, 2.45) is 11.7 Å². The van der Waals surface area contributed by atoms with Crippen LogP contribution in [0.25, 0.3) is 0 Å². The van der Waals surface area contributed by atoms with Crippen LogP contribution in [-0.2, 0) is 6.54 Å². The molecule has 1 aliphatic heterocycles. The van der Waals surface area contributed by atoms with Crippen molar-refractivity contribution in [1.82, 2.24) is 4.90 Å². The minimum atomic E-state index is 0. The van der Waals surface area contributed by atoms with Crippen molar-refractivity contribution in [2.45, 2.75) is 32.9 Å².